The van der Waals surface area contributed by atoms with E-state index < -0.39 is 16.5 Å². The molecule has 31 heavy (non-hydrogen) atoms. The van der Waals surface area contributed by atoms with E-state index >= 15 is 0 Å². The molecule has 2 atom stereocenters. The van der Waals surface area contributed by atoms with Gasteiger partial charge in [0.25, 0.3) is 0 Å². The van der Waals surface area contributed by atoms with E-state index in [1.807, 2.05) is 13.8 Å². The van der Waals surface area contributed by atoms with Crippen LogP contribution < -0.4 is 14.7 Å². The topological polar surface area (TPSA) is 98.1 Å². The molecule has 0 saturated heterocycles. The summed E-state index contributed by atoms with van der Waals surface area (Å²) in [6.45, 7) is 4.36. The Labute approximate surface area is 181 Å². The number of hydrogen-bond acceptors (Lipinski definition) is 6. The van der Waals surface area contributed by atoms with Crippen molar-refractivity contribution in [2.45, 2.75) is 39.0 Å². The summed E-state index contributed by atoms with van der Waals surface area (Å²) >= 11 is 0. The lowest BCUT2D eigenvalue weighted by Gasteiger charge is -2.45. The molecule has 1 saturated carbocycles. The van der Waals surface area contributed by atoms with Gasteiger partial charge in [0.15, 0.2) is 0 Å². The number of aryl methyl sites for hydroxylation is 1. The molecule has 158 valence electrons. The Balaban J connectivity index is 1.71. The van der Waals surface area contributed by atoms with Gasteiger partial charge in [-0.05, 0) is 37.8 Å². The Kier molecular flexibility index (Phi) is 4.40. The van der Waals surface area contributed by atoms with E-state index in [2.05, 4.69) is 16.4 Å². The minimum atomic E-state index is -1.18. The molecule has 0 bridgehead atoms. The van der Waals surface area contributed by atoms with Crippen LogP contribution in [0.5, 0.6) is 5.88 Å². The third-order valence-corrected chi connectivity index (χ3v) is 6.57. The summed E-state index contributed by atoms with van der Waals surface area (Å²) in [4.78, 5) is 18.0. The van der Waals surface area contributed by atoms with Crippen LogP contribution in [0.15, 0.2) is 35.7 Å². The molecule has 2 aliphatic heterocycles. The Bertz CT molecular complexity index is 1190. The molecule has 1 unspecified atom stereocenters. The van der Waals surface area contributed by atoms with Crippen LogP contribution in [0.2, 0.25) is 0 Å². The number of hydrogen-bond donors (Lipinski definition) is 1. The fraction of sp³-hybridized carbons (Fsp3) is 0.375. The number of aromatic nitrogens is 1. The van der Waals surface area contributed by atoms with Crippen molar-refractivity contribution in [1.29, 1.82) is 5.26 Å². The van der Waals surface area contributed by atoms with Crippen molar-refractivity contribution in [1.82, 2.24) is 9.63 Å². The van der Waals surface area contributed by atoms with Crippen LogP contribution in [0.3, 0.4) is 0 Å². The summed E-state index contributed by atoms with van der Waals surface area (Å²) in [5, 5.41) is 26.1. The normalized spacial score (nSPS) is 24.0. The van der Waals surface area contributed by atoms with E-state index in [4.69, 9.17) is 4.74 Å². The van der Waals surface area contributed by atoms with E-state index in [0.717, 1.165) is 29.2 Å². The molecule has 3 aliphatic rings. The Morgan fingerprint density at radius 3 is 2.84 bits per heavy atom. The van der Waals surface area contributed by atoms with Crippen molar-refractivity contribution in [3.63, 3.8) is 0 Å². The average Bonchev–Trinajstić information content (AvgIpc) is 3.57. The number of allylic oxidation sites excluding steroid dienone is 1. The van der Waals surface area contributed by atoms with Gasteiger partial charge >= 0.3 is 5.91 Å². The summed E-state index contributed by atoms with van der Waals surface area (Å²) in [5.41, 5.74) is 5.06. The molecule has 1 amide bonds. The minimum Gasteiger partial charge on any atom is -0.620 e. The number of hydroxylamine groups is 2. The van der Waals surface area contributed by atoms with Crippen LogP contribution in [-0.2, 0) is 4.79 Å². The molecule has 1 N–H and O–H groups in total. The van der Waals surface area contributed by atoms with Crippen molar-refractivity contribution in [2.24, 2.45) is 5.92 Å². The number of carbonyl (C=O) groups excluding carboxylic acids is 1. The van der Waals surface area contributed by atoms with Gasteiger partial charge in [-0.3, -0.25) is 4.65 Å². The molecule has 3 heterocycles. The third-order valence-electron chi connectivity index (χ3n) is 6.57. The van der Waals surface area contributed by atoms with Gasteiger partial charge in [-0.25, -0.2) is 9.78 Å². The maximum absolute atomic E-state index is 13.4. The standard InChI is InChI=1S/C24H24N4O3/c1-13-12-26-23(31-9-8-15-4-5-15)21-20-17-7-6-16(11-25)10-18(17)28(3,30)24(29)19(20)14(2)27-22(13)21/h6-7,10,12,15,20,27H,4-5,8-9H2,1-3H3/t20-,28?/m1/s1. The van der Waals surface area contributed by atoms with Gasteiger partial charge in [0.2, 0.25) is 5.88 Å². The van der Waals surface area contributed by atoms with Crippen LogP contribution in [-0.4, -0.2) is 24.5 Å². The zero-order valence-electron chi connectivity index (χ0n) is 17.9. The van der Waals surface area contributed by atoms with E-state index in [1.165, 1.54) is 26.0 Å². The van der Waals surface area contributed by atoms with Gasteiger partial charge in [0.05, 0.1) is 48.0 Å². The summed E-state index contributed by atoms with van der Waals surface area (Å²) < 4.78 is 4.94. The fourth-order valence-corrected chi connectivity index (χ4v) is 4.66. The smallest absolute Gasteiger partial charge is 0.349 e. The second kappa shape index (κ2) is 6.91. The molecule has 1 aliphatic carbocycles. The number of benzene rings is 1. The van der Waals surface area contributed by atoms with E-state index in [-0.39, 0.29) is 0 Å². The largest absolute Gasteiger partial charge is 0.620 e. The predicted octanol–water partition coefficient (Wildman–Crippen LogP) is 4.25. The van der Waals surface area contributed by atoms with Gasteiger partial charge < -0.3 is 15.3 Å². The highest BCUT2D eigenvalue weighted by Gasteiger charge is 2.48. The zero-order chi connectivity index (χ0) is 21.9. The second-order valence-corrected chi connectivity index (χ2v) is 8.83. The number of amides is 1. The number of nitrogens with zero attached hydrogens (tertiary/aromatic N) is 3. The number of ether oxygens (including phenoxy) is 1. The summed E-state index contributed by atoms with van der Waals surface area (Å²) in [7, 11) is 1.33. The predicted molar refractivity (Wildman–Crippen MR) is 117 cm³/mol. The number of nitrogens with one attached hydrogen (secondary N) is 1. The molecular weight excluding hydrogens is 392 g/mol. The number of pyridine rings is 1. The molecule has 1 aromatic carbocycles. The van der Waals surface area contributed by atoms with Crippen molar-refractivity contribution in [3.05, 3.63) is 63.1 Å². The molecular formula is C24H24N4O3. The molecule has 1 aromatic heterocycles. The van der Waals surface area contributed by atoms with E-state index in [0.29, 0.717) is 40.6 Å². The second-order valence-electron chi connectivity index (χ2n) is 8.83. The van der Waals surface area contributed by atoms with Gasteiger partial charge in [0.1, 0.15) is 5.69 Å². The molecule has 5 rings (SSSR count). The number of fused-ring (bicyclic) bond motifs is 5. The number of nitriles is 1. The lowest BCUT2D eigenvalue weighted by molar-refractivity contribution is -0.123. The van der Waals surface area contributed by atoms with Crippen molar-refractivity contribution in [3.8, 4) is 11.9 Å². The van der Waals surface area contributed by atoms with Gasteiger partial charge in [0, 0.05) is 23.5 Å². The van der Waals surface area contributed by atoms with Gasteiger partial charge in [-0.2, -0.15) is 5.26 Å². The maximum Gasteiger partial charge on any atom is 0.349 e. The summed E-state index contributed by atoms with van der Waals surface area (Å²) in [6.07, 6.45) is 5.26. The lowest BCUT2D eigenvalue weighted by Crippen LogP contribution is -2.51. The Morgan fingerprint density at radius 1 is 1.35 bits per heavy atom. The summed E-state index contributed by atoms with van der Waals surface area (Å²) in [6, 6.07) is 7.09. The quantitative estimate of drug-likeness (QED) is 0.591. The first kappa shape index (κ1) is 19.7. The number of quaternary nitrogens is 1. The Hall–Kier alpha value is -3.21. The first-order valence-corrected chi connectivity index (χ1v) is 10.6. The highest BCUT2D eigenvalue weighted by atomic mass is 16.6. The van der Waals surface area contributed by atoms with Crippen LogP contribution in [0.1, 0.15) is 54.4 Å². The number of anilines is 1. The molecule has 2 aromatic rings. The first-order valence-electron chi connectivity index (χ1n) is 10.6. The highest BCUT2D eigenvalue weighted by Crippen LogP contribution is 2.53. The SMILES string of the molecule is CC1=C2C(=O)[N+](C)([O-])c3cc(C#N)ccc3[C@H]2c2c(OCCC3CC3)ncc(C)c2N1. The van der Waals surface area contributed by atoms with Gasteiger partial charge in [-0.15, -0.1) is 0 Å². The van der Waals surface area contributed by atoms with Crippen LogP contribution in [0, 0.1) is 29.4 Å². The lowest BCUT2D eigenvalue weighted by atomic mass is 9.76. The average molecular weight is 416 g/mol. The molecule has 7 heteroatoms. The van der Waals surface area contributed by atoms with Crippen molar-refractivity contribution in [2.75, 3.05) is 19.0 Å². The van der Waals surface area contributed by atoms with Crippen molar-refractivity contribution >= 4 is 17.3 Å². The third kappa shape index (κ3) is 3.02. The number of rotatable bonds is 4. The van der Waals surface area contributed by atoms with Crippen LogP contribution in [0.25, 0.3) is 0 Å². The Morgan fingerprint density at radius 2 is 2.13 bits per heavy atom. The monoisotopic (exact) mass is 416 g/mol. The molecule has 0 spiro atoms. The fourth-order valence-electron chi connectivity index (χ4n) is 4.66. The van der Waals surface area contributed by atoms with Crippen LogP contribution >= 0.6 is 0 Å². The van der Waals surface area contributed by atoms with E-state index in [1.54, 1.807) is 18.3 Å². The van der Waals surface area contributed by atoms with E-state index in [9.17, 15) is 15.3 Å². The molecule has 0 radical (unpaired) electrons. The van der Waals surface area contributed by atoms with Gasteiger partial charge in [-0.1, -0.05) is 18.9 Å². The first-order chi connectivity index (χ1) is 14.8. The number of likely N-dealkylation sites (N-methyl/N-ethyl adjacent to an activating group) is 1. The highest BCUT2D eigenvalue weighted by molar-refractivity contribution is 6.09. The summed E-state index contributed by atoms with van der Waals surface area (Å²) in [5.74, 6) is 0.231. The molecule has 1 fully saturated rings. The van der Waals surface area contributed by atoms with Crippen molar-refractivity contribution < 1.29 is 9.53 Å². The molecule has 7 nitrogen and oxygen atoms in total. The van der Waals surface area contributed by atoms with Crippen LogP contribution in [0.4, 0.5) is 11.4 Å². The zero-order valence-corrected chi connectivity index (χ0v) is 17.9. The number of carbonyl (C=O) groups is 1. The maximum atomic E-state index is 13.4. The minimum absolute atomic E-state index is 0.295.